The first kappa shape index (κ1) is 20.2. The van der Waals surface area contributed by atoms with Gasteiger partial charge in [-0.1, -0.05) is 0 Å². The maximum Gasteiger partial charge on any atom is 0.234 e. The molecular formula is C21H27N7O2. The van der Waals surface area contributed by atoms with Crippen molar-refractivity contribution in [1.82, 2.24) is 14.9 Å². The summed E-state index contributed by atoms with van der Waals surface area (Å²) >= 11 is 0. The number of carbonyl (C=O) groups excluding carboxylic acids is 1. The lowest BCUT2D eigenvalue weighted by atomic mass is 9.96. The van der Waals surface area contributed by atoms with Gasteiger partial charge in [-0.25, -0.2) is 9.97 Å². The van der Waals surface area contributed by atoms with E-state index in [1.54, 1.807) is 13.1 Å². The second-order valence-corrected chi connectivity index (χ2v) is 7.94. The van der Waals surface area contributed by atoms with E-state index in [1.807, 2.05) is 17.0 Å². The molecule has 2 fully saturated rings. The molecule has 1 amide bonds. The topological polar surface area (TPSA) is 102 Å². The van der Waals surface area contributed by atoms with E-state index < -0.39 is 0 Å². The molecule has 4 rings (SSSR count). The Morgan fingerprint density at radius 1 is 1.17 bits per heavy atom. The van der Waals surface area contributed by atoms with Crippen LogP contribution in [0.25, 0.3) is 0 Å². The van der Waals surface area contributed by atoms with E-state index in [4.69, 9.17) is 4.42 Å². The molecule has 2 saturated heterocycles. The maximum absolute atomic E-state index is 12.7. The fourth-order valence-electron chi connectivity index (χ4n) is 3.98. The van der Waals surface area contributed by atoms with Crippen LogP contribution in [0.2, 0.25) is 0 Å². The number of rotatable bonds is 4. The minimum absolute atomic E-state index is 0.0121. The number of hydrogen-bond acceptors (Lipinski definition) is 8. The maximum atomic E-state index is 12.7. The summed E-state index contributed by atoms with van der Waals surface area (Å²) in [4.78, 5) is 27.9. The highest BCUT2D eigenvalue weighted by molar-refractivity contribution is 5.92. The van der Waals surface area contributed by atoms with Gasteiger partial charge >= 0.3 is 0 Å². The molecule has 0 saturated carbocycles. The third kappa shape index (κ3) is 4.39. The molecule has 0 aromatic carbocycles. The number of amides is 1. The van der Waals surface area contributed by atoms with Crippen LogP contribution in [0.5, 0.6) is 0 Å². The van der Waals surface area contributed by atoms with E-state index in [-0.39, 0.29) is 11.8 Å². The Kier molecular flexibility index (Phi) is 5.86. The number of aromatic nitrogens is 2. The van der Waals surface area contributed by atoms with Gasteiger partial charge < -0.3 is 24.4 Å². The molecule has 4 heterocycles. The predicted octanol–water partition coefficient (Wildman–Crippen LogP) is 1.86. The summed E-state index contributed by atoms with van der Waals surface area (Å²) in [7, 11) is 2.13. The van der Waals surface area contributed by atoms with Crippen molar-refractivity contribution in [3.63, 3.8) is 0 Å². The van der Waals surface area contributed by atoms with Crippen LogP contribution in [-0.4, -0.2) is 67.1 Å². The van der Waals surface area contributed by atoms with Crippen molar-refractivity contribution in [3.05, 3.63) is 29.9 Å². The minimum Gasteiger partial charge on any atom is -0.424 e. The number of carbonyl (C=O) groups is 1. The average Bonchev–Trinajstić information content (AvgIpc) is 3.16. The van der Waals surface area contributed by atoms with E-state index in [0.29, 0.717) is 43.4 Å². The normalized spacial score (nSPS) is 18.3. The summed E-state index contributed by atoms with van der Waals surface area (Å²) in [6.45, 7) is 7.03. The lowest BCUT2D eigenvalue weighted by Crippen LogP contribution is -2.44. The quantitative estimate of drug-likeness (QED) is 0.816. The van der Waals surface area contributed by atoms with Crippen molar-refractivity contribution in [2.75, 3.05) is 61.4 Å². The SMILES string of the molecule is Cc1nc(C#N)c(N2CCC(C(=O)Nc3ccc(N4CCN(C)CC4)nc3)CC2)o1. The highest BCUT2D eigenvalue weighted by atomic mass is 16.4. The summed E-state index contributed by atoms with van der Waals surface area (Å²) in [5.41, 5.74) is 1.03. The summed E-state index contributed by atoms with van der Waals surface area (Å²) < 4.78 is 5.58. The van der Waals surface area contributed by atoms with Crippen LogP contribution in [0, 0.1) is 24.2 Å². The van der Waals surface area contributed by atoms with Crippen molar-refractivity contribution < 1.29 is 9.21 Å². The molecule has 158 valence electrons. The monoisotopic (exact) mass is 409 g/mol. The lowest BCUT2D eigenvalue weighted by Gasteiger charge is -2.33. The number of oxazole rings is 1. The molecule has 0 spiro atoms. The van der Waals surface area contributed by atoms with Crippen molar-refractivity contribution in [2.45, 2.75) is 19.8 Å². The molecule has 2 aromatic heterocycles. The first-order valence-electron chi connectivity index (χ1n) is 10.4. The molecule has 0 atom stereocenters. The Hall–Kier alpha value is -3.12. The smallest absolute Gasteiger partial charge is 0.234 e. The van der Waals surface area contributed by atoms with Gasteiger partial charge in [0.05, 0.1) is 11.9 Å². The van der Waals surface area contributed by atoms with Gasteiger partial charge in [-0.15, -0.1) is 0 Å². The Bertz CT molecular complexity index is 918. The van der Waals surface area contributed by atoms with E-state index in [0.717, 1.165) is 37.7 Å². The lowest BCUT2D eigenvalue weighted by molar-refractivity contribution is -0.120. The highest BCUT2D eigenvalue weighted by Gasteiger charge is 2.28. The largest absolute Gasteiger partial charge is 0.424 e. The van der Waals surface area contributed by atoms with E-state index in [9.17, 15) is 10.1 Å². The van der Waals surface area contributed by atoms with Crippen LogP contribution in [-0.2, 0) is 4.79 Å². The highest BCUT2D eigenvalue weighted by Crippen LogP contribution is 2.27. The zero-order valence-corrected chi connectivity index (χ0v) is 17.5. The molecule has 0 aliphatic carbocycles. The molecular weight excluding hydrogens is 382 g/mol. The van der Waals surface area contributed by atoms with Crippen LogP contribution in [0.4, 0.5) is 17.4 Å². The zero-order valence-electron chi connectivity index (χ0n) is 17.5. The first-order valence-corrected chi connectivity index (χ1v) is 10.4. The van der Waals surface area contributed by atoms with E-state index >= 15 is 0 Å². The Morgan fingerprint density at radius 2 is 1.90 bits per heavy atom. The number of piperidine rings is 1. The Labute approximate surface area is 176 Å². The van der Waals surface area contributed by atoms with Gasteiger partial charge in [-0.3, -0.25) is 4.79 Å². The van der Waals surface area contributed by atoms with Crippen LogP contribution >= 0.6 is 0 Å². The number of nitriles is 1. The summed E-state index contributed by atoms with van der Waals surface area (Å²) in [6.07, 6.45) is 3.13. The fraction of sp³-hybridized carbons (Fsp3) is 0.524. The number of hydrogen-bond donors (Lipinski definition) is 1. The van der Waals surface area contributed by atoms with Gasteiger partial charge in [0.2, 0.25) is 17.5 Å². The number of likely N-dealkylation sites (N-methyl/N-ethyl adjacent to an activating group) is 1. The Morgan fingerprint density at radius 3 is 2.53 bits per heavy atom. The third-order valence-corrected chi connectivity index (χ3v) is 5.82. The van der Waals surface area contributed by atoms with E-state index in [1.165, 1.54) is 0 Å². The molecule has 0 bridgehead atoms. The van der Waals surface area contributed by atoms with Gasteiger partial charge in [0.15, 0.2) is 5.89 Å². The number of nitrogens with zero attached hydrogens (tertiary/aromatic N) is 6. The molecule has 2 aliphatic heterocycles. The second-order valence-electron chi connectivity index (χ2n) is 7.94. The fourth-order valence-corrected chi connectivity index (χ4v) is 3.98. The summed E-state index contributed by atoms with van der Waals surface area (Å²) in [6, 6.07) is 5.96. The van der Waals surface area contributed by atoms with Crippen molar-refractivity contribution in [3.8, 4) is 6.07 Å². The number of piperazine rings is 1. The van der Waals surface area contributed by atoms with Crippen molar-refractivity contribution in [1.29, 1.82) is 5.26 Å². The van der Waals surface area contributed by atoms with Gasteiger partial charge in [0.1, 0.15) is 11.9 Å². The molecule has 30 heavy (non-hydrogen) atoms. The zero-order chi connectivity index (χ0) is 21.1. The average molecular weight is 409 g/mol. The molecule has 0 radical (unpaired) electrons. The first-order chi connectivity index (χ1) is 14.5. The van der Waals surface area contributed by atoms with Crippen LogP contribution in [0.1, 0.15) is 24.4 Å². The summed E-state index contributed by atoms with van der Waals surface area (Å²) in [5, 5.41) is 12.2. The second kappa shape index (κ2) is 8.71. The molecule has 1 N–H and O–H groups in total. The number of pyridine rings is 1. The van der Waals surface area contributed by atoms with Crippen LogP contribution in [0.15, 0.2) is 22.7 Å². The van der Waals surface area contributed by atoms with Gasteiger partial charge in [-0.05, 0) is 32.0 Å². The minimum atomic E-state index is -0.0758. The molecule has 2 aromatic rings. The third-order valence-electron chi connectivity index (χ3n) is 5.82. The predicted molar refractivity (Wildman–Crippen MR) is 113 cm³/mol. The van der Waals surface area contributed by atoms with Crippen LogP contribution in [0.3, 0.4) is 0 Å². The van der Waals surface area contributed by atoms with Gasteiger partial charge in [0, 0.05) is 52.1 Å². The van der Waals surface area contributed by atoms with Gasteiger partial charge in [-0.2, -0.15) is 5.26 Å². The standard InChI is InChI=1S/C21H27N7O2/c1-15-24-18(13-22)21(30-15)28-7-5-16(6-8-28)20(29)25-17-3-4-19(23-14-17)27-11-9-26(2)10-12-27/h3-4,14,16H,5-12H2,1-2H3,(H,25,29). The number of nitrogens with one attached hydrogen (secondary N) is 1. The molecule has 9 heteroatoms. The van der Waals surface area contributed by atoms with Gasteiger partial charge in [0.25, 0.3) is 0 Å². The Balaban J connectivity index is 1.30. The van der Waals surface area contributed by atoms with Crippen molar-refractivity contribution >= 4 is 23.3 Å². The van der Waals surface area contributed by atoms with Crippen LogP contribution < -0.4 is 15.1 Å². The molecule has 0 unspecified atom stereocenters. The van der Waals surface area contributed by atoms with Crippen molar-refractivity contribution in [2.24, 2.45) is 5.92 Å². The van der Waals surface area contributed by atoms with E-state index in [2.05, 4.69) is 38.2 Å². The molecule has 2 aliphatic rings. The summed E-state index contributed by atoms with van der Waals surface area (Å²) in [5.74, 6) is 1.88. The number of anilines is 3. The number of aryl methyl sites for hydroxylation is 1. The molecule has 9 nitrogen and oxygen atoms in total.